The lowest BCUT2D eigenvalue weighted by atomic mass is 10.2. The Balaban J connectivity index is 2.26. The molecular weight excluding hydrogens is 194 g/mol. The molecule has 0 aliphatic rings. The molecule has 1 heteroatoms. The highest BCUT2D eigenvalue weighted by atomic mass is 14.6. The first-order valence-corrected chi connectivity index (χ1v) is 5.84. The van der Waals surface area contributed by atoms with E-state index in [1.807, 2.05) is 36.4 Å². The number of rotatable bonds is 6. The van der Waals surface area contributed by atoms with Crippen molar-refractivity contribution in [2.24, 2.45) is 0 Å². The van der Waals surface area contributed by atoms with E-state index in [0.717, 1.165) is 5.69 Å². The molecule has 1 aromatic heterocycles. The van der Waals surface area contributed by atoms with Crippen LogP contribution in [-0.2, 0) is 0 Å². The highest BCUT2D eigenvalue weighted by Gasteiger charge is 1.80. The number of nitrogens with zero attached hydrogens (tertiary/aromatic N) is 1. The molecule has 0 saturated carbocycles. The van der Waals surface area contributed by atoms with Crippen LogP contribution in [0.25, 0.3) is 6.08 Å². The van der Waals surface area contributed by atoms with E-state index >= 15 is 0 Å². The number of unbranched alkanes of at least 4 members (excludes halogenated alkanes) is 2. The number of pyridine rings is 1. The number of hydrogen-bond acceptors (Lipinski definition) is 1. The van der Waals surface area contributed by atoms with Gasteiger partial charge in [-0.05, 0) is 24.6 Å². The fraction of sp³-hybridized carbons (Fsp3) is 0.267. The van der Waals surface area contributed by atoms with E-state index in [4.69, 9.17) is 0 Å². The summed E-state index contributed by atoms with van der Waals surface area (Å²) in [6, 6.07) is 5.89. The minimum atomic E-state index is 0.988. The second kappa shape index (κ2) is 8.66. The van der Waals surface area contributed by atoms with Crippen LogP contribution < -0.4 is 0 Å². The Labute approximate surface area is 98.2 Å². The van der Waals surface area contributed by atoms with E-state index in [-0.39, 0.29) is 0 Å². The molecular formula is C15H19N. The van der Waals surface area contributed by atoms with Crippen LogP contribution in [-0.4, -0.2) is 4.98 Å². The van der Waals surface area contributed by atoms with Crippen LogP contribution in [0.4, 0.5) is 0 Å². The standard InChI is InChI=1S/C15H19N/c1-2-3-4-5-6-7-8-9-12-15-13-10-11-14-16-15/h5-14H,2-4H2,1H3. The molecule has 84 valence electrons. The molecule has 1 aromatic rings. The highest BCUT2D eigenvalue weighted by Crippen LogP contribution is 1.97. The summed E-state index contributed by atoms with van der Waals surface area (Å²) in [6.45, 7) is 2.21. The number of aromatic nitrogens is 1. The van der Waals surface area contributed by atoms with Gasteiger partial charge >= 0.3 is 0 Å². The van der Waals surface area contributed by atoms with E-state index in [2.05, 4.69) is 30.1 Å². The second-order valence-corrected chi connectivity index (χ2v) is 3.57. The maximum Gasteiger partial charge on any atom is 0.0629 e. The second-order valence-electron chi connectivity index (χ2n) is 3.57. The first-order valence-electron chi connectivity index (χ1n) is 5.84. The summed E-state index contributed by atoms with van der Waals surface area (Å²) in [5, 5.41) is 0. The summed E-state index contributed by atoms with van der Waals surface area (Å²) in [6.07, 6.45) is 17.9. The van der Waals surface area contributed by atoms with Crippen molar-refractivity contribution in [3.8, 4) is 0 Å². The maximum absolute atomic E-state index is 4.20. The minimum Gasteiger partial charge on any atom is -0.257 e. The lowest BCUT2D eigenvalue weighted by molar-refractivity contribution is 0.815. The van der Waals surface area contributed by atoms with E-state index in [0.29, 0.717) is 0 Å². The van der Waals surface area contributed by atoms with Crippen LogP contribution in [0.3, 0.4) is 0 Å². The molecule has 0 aliphatic carbocycles. The van der Waals surface area contributed by atoms with Gasteiger partial charge in [-0.1, -0.05) is 56.2 Å². The molecule has 0 aromatic carbocycles. The van der Waals surface area contributed by atoms with Crippen molar-refractivity contribution in [1.82, 2.24) is 4.98 Å². The van der Waals surface area contributed by atoms with Gasteiger partial charge in [-0.25, -0.2) is 0 Å². The maximum atomic E-state index is 4.20. The Bertz CT molecular complexity index is 347. The third-order valence-electron chi connectivity index (χ3n) is 2.15. The van der Waals surface area contributed by atoms with Crippen LogP contribution >= 0.6 is 0 Å². The van der Waals surface area contributed by atoms with Gasteiger partial charge < -0.3 is 0 Å². The summed E-state index contributed by atoms with van der Waals surface area (Å²) in [5.41, 5.74) is 0.988. The molecule has 0 spiro atoms. The lowest BCUT2D eigenvalue weighted by Gasteiger charge is -1.87. The van der Waals surface area contributed by atoms with Crippen LogP contribution in [0.1, 0.15) is 31.9 Å². The lowest BCUT2D eigenvalue weighted by Crippen LogP contribution is -1.74. The van der Waals surface area contributed by atoms with E-state index in [1.165, 1.54) is 19.3 Å². The first-order chi connectivity index (χ1) is 7.93. The van der Waals surface area contributed by atoms with Gasteiger partial charge in [0.05, 0.1) is 5.69 Å². The monoisotopic (exact) mass is 213 g/mol. The Morgan fingerprint density at radius 1 is 1.12 bits per heavy atom. The number of hydrogen-bond donors (Lipinski definition) is 0. The van der Waals surface area contributed by atoms with Gasteiger partial charge in [0, 0.05) is 6.20 Å². The van der Waals surface area contributed by atoms with Gasteiger partial charge in [0.25, 0.3) is 0 Å². The fourth-order valence-corrected chi connectivity index (χ4v) is 1.25. The Morgan fingerprint density at radius 2 is 2.00 bits per heavy atom. The summed E-state index contributed by atoms with van der Waals surface area (Å²) < 4.78 is 0. The van der Waals surface area contributed by atoms with E-state index < -0.39 is 0 Å². The summed E-state index contributed by atoms with van der Waals surface area (Å²) in [7, 11) is 0. The number of allylic oxidation sites excluding steroid dienone is 5. The zero-order chi connectivity index (χ0) is 11.5. The van der Waals surface area contributed by atoms with Gasteiger partial charge in [0.2, 0.25) is 0 Å². The average molecular weight is 213 g/mol. The summed E-state index contributed by atoms with van der Waals surface area (Å²) in [4.78, 5) is 4.20. The topological polar surface area (TPSA) is 12.9 Å². The predicted octanol–water partition coefficient (Wildman–Crippen LogP) is 4.40. The van der Waals surface area contributed by atoms with Crippen LogP contribution in [0.15, 0.2) is 54.8 Å². The third kappa shape index (κ3) is 5.97. The predicted molar refractivity (Wildman–Crippen MR) is 71.1 cm³/mol. The van der Waals surface area contributed by atoms with E-state index in [9.17, 15) is 0 Å². The normalized spacial score (nSPS) is 12.1. The van der Waals surface area contributed by atoms with Crippen molar-refractivity contribution in [2.75, 3.05) is 0 Å². The largest absolute Gasteiger partial charge is 0.257 e. The first kappa shape index (κ1) is 12.4. The van der Waals surface area contributed by atoms with Crippen molar-refractivity contribution in [1.29, 1.82) is 0 Å². The average Bonchev–Trinajstić information content (AvgIpc) is 2.34. The minimum absolute atomic E-state index is 0.988. The van der Waals surface area contributed by atoms with Gasteiger partial charge in [0.1, 0.15) is 0 Å². The Hall–Kier alpha value is -1.63. The zero-order valence-electron chi connectivity index (χ0n) is 9.84. The molecule has 0 aliphatic heterocycles. The molecule has 1 nitrogen and oxygen atoms in total. The molecule has 1 rings (SSSR count). The molecule has 0 radical (unpaired) electrons. The van der Waals surface area contributed by atoms with Gasteiger partial charge in [0.15, 0.2) is 0 Å². The van der Waals surface area contributed by atoms with Crippen LogP contribution in [0, 0.1) is 0 Å². The molecule has 0 saturated heterocycles. The molecule has 16 heavy (non-hydrogen) atoms. The molecule has 0 N–H and O–H groups in total. The quantitative estimate of drug-likeness (QED) is 0.504. The van der Waals surface area contributed by atoms with Crippen molar-refractivity contribution < 1.29 is 0 Å². The molecule has 0 amide bonds. The van der Waals surface area contributed by atoms with Gasteiger partial charge in [-0.3, -0.25) is 4.98 Å². The molecule has 0 bridgehead atoms. The smallest absolute Gasteiger partial charge is 0.0629 e. The third-order valence-corrected chi connectivity index (χ3v) is 2.15. The molecule has 0 fully saturated rings. The Kier molecular flexibility index (Phi) is 6.73. The zero-order valence-corrected chi connectivity index (χ0v) is 9.84. The van der Waals surface area contributed by atoms with Crippen molar-refractivity contribution >= 4 is 6.08 Å². The molecule has 1 heterocycles. The van der Waals surface area contributed by atoms with Crippen molar-refractivity contribution in [3.63, 3.8) is 0 Å². The summed E-state index contributed by atoms with van der Waals surface area (Å²) >= 11 is 0. The van der Waals surface area contributed by atoms with E-state index in [1.54, 1.807) is 6.20 Å². The SMILES string of the molecule is CCCCC=CC=CC=Cc1ccccn1. The Morgan fingerprint density at radius 3 is 2.75 bits per heavy atom. The van der Waals surface area contributed by atoms with Crippen molar-refractivity contribution in [3.05, 3.63) is 60.5 Å². The summed E-state index contributed by atoms with van der Waals surface area (Å²) in [5.74, 6) is 0. The van der Waals surface area contributed by atoms with Crippen LogP contribution in [0.2, 0.25) is 0 Å². The van der Waals surface area contributed by atoms with Crippen molar-refractivity contribution in [2.45, 2.75) is 26.2 Å². The molecule has 0 unspecified atom stereocenters. The fourth-order valence-electron chi connectivity index (χ4n) is 1.25. The van der Waals surface area contributed by atoms with Gasteiger partial charge in [-0.2, -0.15) is 0 Å². The van der Waals surface area contributed by atoms with Gasteiger partial charge in [-0.15, -0.1) is 0 Å². The molecule has 0 atom stereocenters. The highest BCUT2D eigenvalue weighted by molar-refractivity contribution is 5.46. The van der Waals surface area contributed by atoms with Crippen LogP contribution in [0.5, 0.6) is 0 Å².